The third-order valence-electron chi connectivity index (χ3n) is 4.53. The van der Waals surface area contributed by atoms with Crippen LogP contribution in [0.5, 0.6) is 0 Å². The van der Waals surface area contributed by atoms with Gasteiger partial charge in [0, 0.05) is 23.8 Å². The van der Waals surface area contributed by atoms with E-state index in [1.807, 2.05) is 13.0 Å². The molecular formula is C23H36N2O3S. The molecule has 1 N–H and O–H groups in total. The van der Waals surface area contributed by atoms with E-state index in [4.69, 9.17) is 0 Å². The van der Waals surface area contributed by atoms with Crippen LogP contribution in [0.1, 0.15) is 70.6 Å². The third-order valence-corrected chi connectivity index (χ3v) is 5.32. The number of benzene rings is 1. The summed E-state index contributed by atoms with van der Waals surface area (Å²) in [6, 6.07) is 14.8. The standard InChI is InChI=1S/C19H27N2.C4H10O3S/c1-3-5-11-17-12-10-16-21(19(17)15-6-4-2)20-18-13-8-7-9-14-18;1-2-3-4-8(5,6)7/h7-10,12-14,16,20H,3-6,11,15H2,1-2H3;2-4H2,1H3,(H,5,6,7)/q+1;/p-1. The number of aryl methyl sites for hydroxylation is 1. The maximum absolute atomic E-state index is 9.83. The van der Waals surface area contributed by atoms with E-state index in [-0.39, 0.29) is 5.75 Å². The molecule has 29 heavy (non-hydrogen) atoms. The van der Waals surface area contributed by atoms with Crippen LogP contribution >= 0.6 is 0 Å². The van der Waals surface area contributed by atoms with Gasteiger partial charge in [-0.15, -0.1) is 0 Å². The van der Waals surface area contributed by atoms with E-state index in [1.54, 1.807) is 0 Å². The summed E-state index contributed by atoms with van der Waals surface area (Å²) in [5.41, 5.74) is 7.56. The van der Waals surface area contributed by atoms with Crippen molar-refractivity contribution in [1.29, 1.82) is 0 Å². The highest BCUT2D eigenvalue weighted by Gasteiger charge is 2.16. The molecule has 162 valence electrons. The Morgan fingerprint density at radius 3 is 2.03 bits per heavy atom. The predicted octanol–water partition coefficient (Wildman–Crippen LogP) is 4.87. The molecule has 0 aliphatic carbocycles. The van der Waals surface area contributed by atoms with Gasteiger partial charge in [0.25, 0.3) is 0 Å². The summed E-state index contributed by atoms with van der Waals surface area (Å²) < 4.78 is 31.7. The molecule has 0 saturated heterocycles. The first-order valence-corrected chi connectivity index (χ1v) is 12.3. The summed E-state index contributed by atoms with van der Waals surface area (Å²) in [7, 11) is -3.94. The zero-order valence-corrected chi connectivity index (χ0v) is 18.9. The van der Waals surface area contributed by atoms with E-state index in [2.05, 4.69) is 66.5 Å². The largest absolute Gasteiger partial charge is 0.748 e. The molecule has 0 bridgehead atoms. The second-order valence-corrected chi connectivity index (χ2v) is 8.67. The number of nitrogens with one attached hydrogen (secondary N) is 1. The van der Waals surface area contributed by atoms with Crippen LogP contribution in [0.4, 0.5) is 5.69 Å². The Bertz CT molecular complexity index is 793. The minimum atomic E-state index is -3.94. The number of hydrogen-bond donors (Lipinski definition) is 1. The highest BCUT2D eigenvalue weighted by atomic mass is 32.2. The average Bonchev–Trinajstić information content (AvgIpc) is 2.70. The molecule has 1 aromatic heterocycles. The molecule has 0 atom stereocenters. The number of pyridine rings is 1. The molecule has 0 saturated carbocycles. The number of rotatable bonds is 11. The number of para-hydroxylation sites is 1. The lowest BCUT2D eigenvalue weighted by Crippen LogP contribution is -2.46. The van der Waals surface area contributed by atoms with Gasteiger partial charge in [0.05, 0.1) is 15.8 Å². The van der Waals surface area contributed by atoms with E-state index in [9.17, 15) is 13.0 Å². The summed E-state index contributed by atoms with van der Waals surface area (Å²) in [5.74, 6) is -0.219. The number of aromatic nitrogens is 1. The number of anilines is 1. The van der Waals surface area contributed by atoms with Crippen molar-refractivity contribution in [3.8, 4) is 0 Å². The summed E-state index contributed by atoms with van der Waals surface area (Å²) in [5, 5.41) is 0. The summed E-state index contributed by atoms with van der Waals surface area (Å²) in [6.45, 7) is 6.35. The van der Waals surface area contributed by atoms with E-state index in [0.717, 1.165) is 18.5 Å². The first kappa shape index (κ1) is 25.1. The average molecular weight is 421 g/mol. The van der Waals surface area contributed by atoms with Crippen molar-refractivity contribution in [1.82, 2.24) is 0 Å². The first-order valence-electron chi connectivity index (χ1n) is 10.7. The van der Waals surface area contributed by atoms with Crippen molar-refractivity contribution >= 4 is 15.8 Å². The van der Waals surface area contributed by atoms with Crippen molar-refractivity contribution in [2.75, 3.05) is 11.2 Å². The maximum atomic E-state index is 9.83. The smallest absolute Gasteiger partial charge is 0.215 e. The van der Waals surface area contributed by atoms with Gasteiger partial charge in [-0.2, -0.15) is 5.43 Å². The molecule has 0 fully saturated rings. The molecule has 0 spiro atoms. The van der Waals surface area contributed by atoms with Crippen LogP contribution in [0.3, 0.4) is 0 Å². The molecule has 0 unspecified atom stereocenters. The van der Waals surface area contributed by atoms with Gasteiger partial charge in [-0.1, -0.05) is 62.9 Å². The van der Waals surface area contributed by atoms with Gasteiger partial charge >= 0.3 is 0 Å². The van der Waals surface area contributed by atoms with Gasteiger partial charge in [-0.05, 0) is 43.9 Å². The van der Waals surface area contributed by atoms with Crippen molar-refractivity contribution in [2.45, 2.75) is 72.1 Å². The quantitative estimate of drug-likeness (QED) is 0.416. The molecule has 1 heterocycles. The van der Waals surface area contributed by atoms with Crippen LogP contribution in [0, 0.1) is 0 Å². The predicted molar refractivity (Wildman–Crippen MR) is 119 cm³/mol. The van der Waals surface area contributed by atoms with Crippen LogP contribution in [-0.4, -0.2) is 18.7 Å². The van der Waals surface area contributed by atoms with Crippen LogP contribution in [0.15, 0.2) is 48.7 Å². The van der Waals surface area contributed by atoms with E-state index >= 15 is 0 Å². The summed E-state index contributed by atoms with van der Waals surface area (Å²) in [4.78, 5) is 0. The number of unbranched alkanes of at least 4 members (excludes halogenated alkanes) is 3. The molecule has 0 radical (unpaired) electrons. The minimum absolute atomic E-state index is 0.219. The monoisotopic (exact) mass is 420 g/mol. The lowest BCUT2D eigenvalue weighted by molar-refractivity contribution is -0.651. The van der Waals surface area contributed by atoms with Gasteiger partial charge < -0.3 is 4.55 Å². The minimum Gasteiger partial charge on any atom is -0.748 e. The molecule has 6 heteroatoms. The van der Waals surface area contributed by atoms with Crippen molar-refractivity contribution in [3.05, 3.63) is 59.9 Å². The fourth-order valence-electron chi connectivity index (χ4n) is 2.88. The molecule has 5 nitrogen and oxygen atoms in total. The Balaban J connectivity index is 0.000000447. The van der Waals surface area contributed by atoms with Crippen molar-refractivity contribution in [2.24, 2.45) is 0 Å². The lowest BCUT2D eigenvalue weighted by atomic mass is 10.0. The van der Waals surface area contributed by atoms with Gasteiger partial charge in [0.15, 0.2) is 6.20 Å². The normalized spacial score (nSPS) is 10.9. The lowest BCUT2D eigenvalue weighted by Gasteiger charge is -2.09. The molecule has 0 amide bonds. The third kappa shape index (κ3) is 11.0. The SMILES string of the molecule is CCCCS(=O)(=O)[O-].CCCCc1ccc[n+](Nc2ccccc2)c1CCCC. The fraction of sp³-hybridized carbons (Fsp3) is 0.522. The molecule has 0 aliphatic rings. The van der Waals surface area contributed by atoms with Crippen LogP contribution in [0.2, 0.25) is 0 Å². The summed E-state index contributed by atoms with van der Waals surface area (Å²) in [6.07, 6.45) is 10.6. The van der Waals surface area contributed by atoms with Crippen molar-refractivity contribution < 1.29 is 17.6 Å². The Labute approximate surface area is 176 Å². The van der Waals surface area contributed by atoms with Crippen LogP contribution in [-0.2, 0) is 23.0 Å². The fourth-order valence-corrected chi connectivity index (χ4v) is 3.53. The number of hydrogen-bond acceptors (Lipinski definition) is 4. The molecule has 1 aromatic carbocycles. The number of nitrogens with zero attached hydrogens (tertiary/aromatic N) is 1. The van der Waals surface area contributed by atoms with Gasteiger partial charge in [-0.25, -0.2) is 8.42 Å². The Morgan fingerprint density at radius 2 is 1.48 bits per heavy atom. The topological polar surface area (TPSA) is 73.1 Å². The zero-order chi connectivity index (χ0) is 21.5. The Kier molecular flexibility index (Phi) is 12.2. The van der Waals surface area contributed by atoms with E-state index in [1.165, 1.54) is 43.4 Å². The molecule has 2 aromatic rings. The Morgan fingerprint density at radius 1 is 0.862 bits per heavy atom. The van der Waals surface area contributed by atoms with Gasteiger partial charge in [0.1, 0.15) is 0 Å². The molecule has 0 aliphatic heterocycles. The maximum Gasteiger partial charge on any atom is 0.215 e. The molecule has 2 rings (SSSR count). The Hall–Kier alpha value is -1.92. The van der Waals surface area contributed by atoms with Crippen LogP contribution < -0.4 is 10.1 Å². The van der Waals surface area contributed by atoms with E-state index in [0.29, 0.717) is 6.42 Å². The molecular weight excluding hydrogens is 384 g/mol. The van der Waals surface area contributed by atoms with Gasteiger partial charge in [-0.3, -0.25) is 0 Å². The van der Waals surface area contributed by atoms with Gasteiger partial charge in [0.2, 0.25) is 5.69 Å². The van der Waals surface area contributed by atoms with Crippen LogP contribution in [0.25, 0.3) is 0 Å². The van der Waals surface area contributed by atoms with E-state index < -0.39 is 10.1 Å². The first-order chi connectivity index (χ1) is 13.9. The second kappa shape index (κ2) is 14.1. The summed E-state index contributed by atoms with van der Waals surface area (Å²) >= 11 is 0. The van der Waals surface area contributed by atoms with Crippen molar-refractivity contribution in [3.63, 3.8) is 0 Å². The highest BCUT2D eigenvalue weighted by Crippen LogP contribution is 2.12. The second-order valence-electron chi connectivity index (χ2n) is 7.15. The zero-order valence-electron chi connectivity index (χ0n) is 18.1. The highest BCUT2D eigenvalue weighted by molar-refractivity contribution is 7.85.